The number of thiophene rings is 1. The minimum atomic E-state index is 0.412. The summed E-state index contributed by atoms with van der Waals surface area (Å²) in [4.78, 5) is 2.49. The van der Waals surface area contributed by atoms with E-state index in [0.29, 0.717) is 5.75 Å². The van der Waals surface area contributed by atoms with Crippen LogP contribution < -0.4 is 0 Å². The van der Waals surface area contributed by atoms with Crippen LogP contribution >= 0.6 is 11.3 Å². The predicted molar refractivity (Wildman–Crippen MR) is 68.0 cm³/mol. The molecule has 3 rings (SSSR count). The number of rotatable bonds is 2. The van der Waals surface area contributed by atoms with Crippen LogP contribution in [0.1, 0.15) is 18.4 Å². The molecular weight excluding hydrogens is 218 g/mol. The second-order valence-corrected chi connectivity index (χ2v) is 5.28. The van der Waals surface area contributed by atoms with E-state index in [0.717, 1.165) is 11.2 Å². The van der Waals surface area contributed by atoms with Gasteiger partial charge in [0.25, 0.3) is 0 Å². The maximum atomic E-state index is 9.74. The number of likely N-dealkylation sites (tertiary alicyclic amines) is 1. The Labute approximate surface area is 99.1 Å². The van der Waals surface area contributed by atoms with E-state index in [4.69, 9.17) is 0 Å². The molecule has 16 heavy (non-hydrogen) atoms. The average Bonchev–Trinajstić information content (AvgIpc) is 2.90. The lowest BCUT2D eigenvalue weighted by Gasteiger charge is -2.13. The van der Waals surface area contributed by atoms with Crippen molar-refractivity contribution in [2.75, 3.05) is 13.1 Å². The SMILES string of the molecule is Oc1cccc2c(CN3CCCC3)csc12. The van der Waals surface area contributed by atoms with E-state index in [2.05, 4.69) is 16.3 Å². The maximum absolute atomic E-state index is 9.74. The molecule has 0 aliphatic carbocycles. The summed E-state index contributed by atoms with van der Waals surface area (Å²) in [5.41, 5.74) is 1.36. The molecule has 0 saturated carbocycles. The number of phenolic OH excluding ortho intramolecular Hbond substituents is 1. The van der Waals surface area contributed by atoms with Crippen molar-refractivity contribution in [2.24, 2.45) is 0 Å². The first-order valence-electron chi connectivity index (χ1n) is 5.75. The van der Waals surface area contributed by atoms with Gasteiger partial charge in [0, 0.05) is 11.9 Å². The number of hydrogen-bond acceptors (Lipinski definition) is 3. The lowest BCUT2D eigenvalue weighted by molar-refractivity contribution is 0.333. The molecule has 1 aliphatic heterocycles. The van der Waals surface area contributed by atoms with Gasteiger partial charge in [-0.1, -0.05) is 12.1 Å². The molecule has 0 spiro atoms. The van der Waals surface area contributed by atoms with Crippen LogP contribution in [0, 0.1) is 0 Å². The molecule has 0 amide bonds. The van der Waals surface area contributed by atoms with Crippen molar-refractivity contribution in [3.63, 3.8) is 0 Å². The molecule has 0 radical (unpaired) electrons. The molecule has 1 aromatic heterocycles. The maximum Gasteiger partial charge on any atom is 0.133 e. The van der Waals surface area contributed by atoms with Crippen LogP contribution in [0.25, 0.3) is 10.1 Å². The fourth-order valence-corrected chi connectivity index (χ4v) is 3.38. The van der Waals surface area contributed by atoms with E-state index in [1.54, 1.807) is 17.4 Å². The molecule has 1 saturated heterocycles. The van der Waals surface area contributed by atoms with Crippen molar-refractivity contribution >= 4 is 21.4 Å². The smallest absolute Gasteiger partial charge is 0.133 e. The highest BCUT2D eigenvalue weighted by molar-refractivity contribution is 7.17. The van der Waals surface area contributed by atoms with Gasteiger partial charge < -0.3 is 5.11 Å². The zero-order chi connectivity index (χ0) is 11.0. The van der Waals surface area contributed by atoms with E-state index in [1.807, 2.05) is 6.07 Å². The summed E-state index contributed by atoms with van der Waals surface area (Å²) in [6.45, 7) is 3.47. The first-order chi connectivity index (χ1) is 7.84. The van der Waals surface area contributed by atoms with Crippen molar-refractivity contribution < 1.29 is 5.11 Å². The highest BCUT2D eigenvalue weighted by Gasteiger charge is 2.14. The van der Waals surface area contributed by atoms with Gasteiger partial charge in [0.2, 0.25) is 0 Å². The fraction of sp³-hybridized carbons (Fsp3) is 0.385. The summed E-state index contributed by atoms with van der Waals surface area (Å²) in [5.74, 6) is 0.412. The molecule has 2 heterocycles. The van der Waals surface area contributed by atoms with Crippen molar-refractivity contribution in [2.45, 2.75) is 19.4 Å². The second-order valence-electron chi connectivity index (χ2n) is 4.40. The first-order valence-corrected chi connectivity index (χ1v) is 6.63. The third-order valence-corrected chi connectivity index (χ3v) is 4.32. The van der Waals surface area contributed by atoms with Crippen LogP contribution in [0.2, 0.25) is 0 Å². The highest BCUT2D eigenvalue weighted by atomic mass is 32.1. The molecule has 2 aromatic rings. The van der Waals surface area contributed by atoms with E-state index in [9.17, 15) is 5.11 Å². The van der Waals surface area contributed by atoms with Crippen LogP contribution in [0.3, 0.4) is 0 Å². The predicted octanol–water partition coefficient (Wildman–Crippen LogP) is 3.20. The zero-order valence-corrected chi connectivity index (χ0v) is 9.96. The van der Waals surface area contributed by atoms with E-state index in [-0.39, 0.29) is 0 Å². The van der Waals surface area contributed by atoms with Crippen molar-refractivity contribution in [3.05, 3.63) is 29.1 Å². The topological polar surface area (TPSA) is 23.5 Å². The molecule has 1 aliphatic rings. The number of hydrogen-bond donors (Lipinski definition) is 1. The lowest BCUT2D eigenvalue weighted by atomic mass is 10.1. The lowest BCUT2D eigenvalue weighted by Crippen LogP contribution is -2.17. The summed E-state index contributed by atoms with van der Waals surface area (Å²) in [5, 5.41) is 13.1. The van der Waals surface area contributed by atoms with Gasteiger partial charge in [-0.3, -0.25) is 4.90 Å². The molecule has 84 valence electrons. The molecule has 2 nitrogen and oxygen atoms in total. The fourth-order valence-electron chi connectivity index (χ4n) is 2.40. The Morgan fingerprint density at radius 3 is 2.88 bits per heavy atom. The largest absolute Gasteiger partial charge is 0.506 e. The third kappa shape index (κ3) is 1.70. The van der Waals surface area contributed by atoms with Gasteiger partial charge in [-0.15, -0.1) is 11.3 Å². The number of aromatic hydroxyl groups is 1. The van der Waals surface area contributed by atoms with Crippen LogP contribution in [-0.4, -0.2) is 23.1 Å². The Morgan fingerprint density at radius 2 is 2.06 bits per heavy atom. The Balaban J connectivity index is 1.94. The standard InChI is InChI=1S/C13H15NOS/c15-12-5-3-4-11-10(9-16-13(11)12)8-14-6-1-2-7-14/h3-5,9,15H,1-2,6-8H2. The van der Waals surface area contributed by atoms with Gasteiger partial charge >= 0.3 is 0 Å². The number of phenols is 1. The number of nitrogens with zero attached hydrogens (tertiary/aromatic N) is 1. The monoisotopic (exact) mass is 233 g/mol. The van der Waals surface area contributed by atoms with Crippen LogP contribution in [0.4, 0.5) is 0 Å². The van der Waals surface area contributed by atoms with Crippen molar-refractivity contribution in [1.82, 2.24) is 4.90 Å². The normalized spacial score (nSPS) is 17.2. The third-order valence-electron chi connectivity index (χ3n) is 3.25. The van der Waals surface area contributed by atoms with Crippen molar-refractivity contribution in [1.29, 1.82) is 0 Å². The van der Waals surface area contributed by atoms with Crippen LogP contribution in [0.5, 0.6) is 5.75 Å². The van der Waals surface area contributed by atoms with Gasteiger partial charge in [-0.05, 0) is 42.9 Å². The Hall–Kier alpha value is -1.06. The quantitative estimate of drug-likeness (QED) is 0.861. The number of benzene rings is 1. The summed E-state index contributed by atoms with van der Waals surface area (Å²) in [6.07, 6.45) is 2.65. The van der Waals surface area contributed by atoms with Crippen molar-refractivity contribution in [3.8, 4) is 5.75 Å². The summed E-state index contributed by atoms with van der Waals surface area (Å²) >= 11 is 1.65. The number of fused-ring (bicyclic) bond motifs is 1. The molecule has 0 unspecified atom stereocenters. The van der Waals surface area contributed by atoms with E-state index in [1.165, 1.54) is 36.9 Å². The van der Waals surface area contributed by atoms with Crippen LogP contribution in [0.15, 0.2) is 23.6 Å². The van der Waals surface area contributed by atoms with Gasteiger partial charge in [0.05, 0.1) is 4.70 Å². The molecule has 1 N–H and O–H groups in total. The van der Waals surface area contributed by atoms with E-state index >= 15 is 0 Å². The zero-order valence-electron chi connectivity index (χ0n) is 9.15. The van der Waals surface area contributed by atoms with Gasteiger partial charge in [-0.2, -0.15) is 0 Å². The average molecular weight is 233 g/mol. The summed E-state index contributed by atoms with van der Waals surface area (Å²) < 4.78 is 1.02. The Bertz CT molecular complexity index is 500. The minimum Gasteiger partial charge on any atom is -0.506 e. The first kappa shape index (κ1) is 10.1. The molecule has 1 fully saturated rings. The minimum absolute atomic E-state index is 0.412. The van der Waals surface area contributed by atoms with Gasteiger partial charge in [0.15, 0.2) is 0 Å². The Kier molecular flexibility index (Phi) is 2.58. The molecule has 3 heteroatoms. The molecule has 0 bridgehead atoms. The molecular formula is C13H15NOS. The molecule has 1 aromatic carbocycles. The van der Waals surface area contributed by atoms with Gasteiger partial charge in [-0.25, -0.2) is 0 Å². The summed E-state index contributed by atoms with van der Waals surface area (Å²) in [7, 11) is 0. The van der Waals surface area contributed by atoms with Gasteiger partial charge in [0.1, 0.15) is 5.75 Å². The van der Waals surface area contributed by atoms with Crippen LogP contribution in [-0.2, 0) is 6.54 Å². The van der Waals surface area contributed by atoms with E-state index < -0.39 is 0 Å². The Morgan fingerprint density at radius 1 is 1.25 bits per heavy atom. The molecule has 0 atom stereocenters. The highest BCUT2D eigenvalue weighted by Crippen LogP contribution is 2.33. The second kappa shape index (κ2) is 4.07. The summed E-state index contributed by atoms with van der Waals surface area (Å²) in [6, 6.07) is 5.80.